The molecule has 0 radical (unpaired) electrons. The summed E-state index contributed by atoms with van der Waals surface area (Å²) in [5.74, 6) is 0.988. The zero-order valence-electron chi connectivity index (χ0n) is 14.9. The van der Waals surface area contributed by atoms with Gasteiger partial charge >= 0.3 is 0 Å². The molecule has 6 heteroatoms. The molecular formula is C21H18ClN3O2. The minimum Gasteiger partial charge on any atom is -0.485 e. The van der Waals surface area contributed by atoms with E-state index in [-0.39, 0.29) is 12.0 Å². The van der Waals surface area contributed by atoms with Crippen LogP contribution in [0.5, 0.6) is 5.75 Å². The van der Waals surface area contributed by atoms with Crippen LogP contribution >= 0.6 is 11.6 Å². The highest BCUT2D eigenvalue weighted by atomic mass is 35.5. The van der Waals surface area contributed by atoms with Gasteiger partial charge in [-0.2, -0.15) is 5.10 Å². The van der Waals surface area contributed by atoms with E-state index < -0.39 is 0 Å². The average Bonchev–Trinajstić information content (AvgIpc) is 3.05. The largest absolute Gasteiger partial charge is 0.485 e. The van der Waals surface area contributed by atoms with Crippen molar-refractivity contribution in [3.8, 4) is 5.75 Å². The summed E-state index contributed by atoms with van der Waals surface area (Å²) >= 11 is 6.13. The summed E-state index contributed by atoms with van der Waals surface area (Å²) < 4.78 is 6.31. The molecule has 4 rings (SSSR count). The smallest absolute Gasteiger partial charge is 0.160 e. The summed E-state index contributed by atoms with van der Waals surface area (Å²) in [5.41, 5.74) is 2.26. The monoisotopic (exact) mass is 379 g/mol. The van der Waals surface area contributed by atoms with Crippen LogP contribution in [-0.4, -0.2) is 21.5 Å². The molecule has 0 aliphatic rings. The van der Waals surface area contributed by atoms with Crippen molar-refractivity contribution in [3.63, 3.8) is 0 Å². The Morgan fingerprint density at radius 3 is 2.67 bits per heavy atom. The van der Waals surface area contributed by atoms with E-state index in [0.717, 1.165) is 33.8 Å². The number of carbonyl (C=O) groups excluding carboxylic acids is 1. The first kappa shape index (κ1) is 17.5. The highest BCUT2D eigenvalue weighted by molar-refractivity contribution is 6.34. The zero-order chi connectivity index (χ0) is 19.0. The molecule has 0 saturated heterocycles. The lowest BCUT2D eigenvalue weighted by Gasteiger charge is -2.23. The quantitative estimate of drug-likeness (QED) is 0.474. The molecule has 4 aromatic rings. The van der Waals surface area contributed by atoms with Crippen LogP contribution in [0.4, 0.5) is 0 Å². The Hall–Kier alpha value is -2.92. The molecule has 136 valence electrons. The molecule has 5 nitrogen and oxygen atoms in total. The maximum Gasteiger partial charge on any atom is 0.160 e. The van der Waals surface area contributed by atoms with Gasteiger partial charge in [-0.3, -0.25) is 9.89 Å². The van der Waals surface area contributed by atoms with Crippen molar-refractivity contribution in [2.75, 3.05) is 0 Å². The molecular weight excluding hydrogens is 362 g/mol. The number of aromatic nitrogens is 3. The Morgan fingerprint density at radius 2 is 1.89 bits per heavy atom. The molecule has 1 unspecified atom stereocenters. The van der Waals surface area contributed by atoms with Gasteiger partial charge in [0.1, 0.15) is 18.1 Å². The first-order valence-corrected chi connectivity index (χ1v) is 9.08. The van der Waals surface area contributed by atoms with Crippen LogP contribution < -0.4 is 4.74 Å². The summed E-state index contributed by atoms with van der Waals surface area (Å²) in [7, 11) is 0. The summed E-state index contributed by atoms with van der Waals surface area (Å²) in [6.07, 6.45) is 2.46. The van der Waals surface area contributed by atoms with Gasteiger partial charge in [-0.1, -0.05) is 43.6 Å². The molecule has 0 aliphatic heterocycles. The molecule has 2 aromatic carbocycles. The zero-order valence-corrected chi connectivity index (χ0v) is 15.7. The van der Waals surface area contributed by atoms with Crippen LogP contribution in [0.3, 0.4) is 0 Å². The second-order valence-electron chi connectivity index (χ2n) is 6.85. The second-order valence-corrected chi connectivity index (χ2v) is 7.21. The fourth-order valence-corrected chi connectivity index (χ4v) is 3.36. The normalized spacial score (nSPS) is 12.6. The summed E-state index contributed by atoms with van der Waals surface area (Å²) in [5, 5.41) is 9.99. The van der Waals surface area contributed by atoms with Crippen molar-refractivity contribution in [2.45, 2.75) is 20.0 Å². The van der Waals surface area contributed by atoms with Crippen LogP contribution in [0.25, 0.3) is 21.8 Å². The molecule has 0 bridgehead atoms. The van der Waals surface area contributed by atoms with Gasteiger partial charge in [-0.05, 0) is 41.0 Å². The topological polar surface area (TPSA) is 67.9 Å². The van der Waals surface area contributed by atoms with Crippen molar-refractivity contribution >= 4 is 39.7 Å². The molecule has 2 aromatic heterocycles. The van der Waals surface area contributed by atoms with E-state index in [9.17, 15) is 4.79 Å². The van der Waals surface area contributed by atoms with E-state index in [1.54, 1.807) is 12.3 Å². The molecule has 27 heavy (non-hydrogen) atoms. The third-order valence-corrected chi connectivity index (χ3v) is 4.85. The van der Waals surface area contributed by atoms with Gasteiger partial charge in [-0.15, -0.1) is 0 Å². The highest BCUT2D eigenvalue weighted by Crippen LogP contribution is 2.32. The third kappa shape index (κ3) is 3.38. The van der Waals surface area contributed by atoms with Gasteiger partial charge in [0.25, 0.3) is 0 Å². The molecule has 0 aliphatic carbocycles. The number of carbonyl (C=O) groups is 1. The van der Waals surface area contributed by atoms with Crippen LogP contribution in [-0.2, 0) is 0 Å². The van der Waals surface area contributed by atoms with E-state index in [0.29, 0.717) is 16.4 Å². The molecule has 0 saturated carbocycles. The van der Waals surface area contributed by atoms with Gasteiger partial charge in [0.05, 0.1) is 5.39 Å². The first-order valence-electron chi connectivity index (χ1n) is 8.70. The van der Waals surface area contributed by atoms with E-state index in [4.69, 9.17) is 16.3 Å². The number of nitrogens with zero attached hydrogens (tertiary/aromatic N) is 2. The molecule has 1 atom stereocenters. The number of aldehydes is 1. The third-order valence-electron chi connectivity index (χ3n) is 4.56. The summed E-state index contributed by atoms with van der Waals surface area (Å²) in [4.78, 5) is 15.3. The van der Waals surface area contributed by atoms with E-state index in [1.165, 1.54) is 0 Å². The number of hydrogen-bond donors (Lipinski definition) is 1. The maximum atomic E-state index is 10.9. The van der Waals surface area contributed by atoms with Crippen molar-refractivity contribution in [3.05, 3.63) is 64.9 Å². The van der Waals surface area contributed by atoms with Crippen molar-refractivity contribution in [2.24, 2.45) is 5.92 Å². The fraction of sp³-hybridized carbons (Fsp3) is 0.190. The fourth-order valence-electron chi connectivity index (χ4n) is 3.17. The van der Waals surface area contributed by atoms with Gasteiger partial charge in [0.2, 0.25) is 0 Å². The molecule has 1 N–H and O–H groups in total. The Kier molecular flexibility index (Phi) is 4.54. The van der Waals surface area contributed by atoms with Crippen molar-refractivity contribution in [1.29, 1.82) is 0 Å². The first-order chi connectivity index (χ1) is 13.0. The Balaban J connectivity index is 1.69. The van der Waals surface area contributed by atoms with E-state index in [1.807, 2.05) is 36.4 Å². The molecule has 0 amide bonds. The van der Waals surface area contributed by atoms with E-state index >= 15 is 0 Å². The lowest BCUT2D eigenvalue weighted by atomic mass is 9.99. The van der Waals surface area contributed by atoms with Gasteiger partial charge in [-0.25, -0.2) is 4.98 Å². The Morgan fingerprint density at radius 1 is 1.11 bits per heavy atom. The number of H-pyrrole nitrogens is 1. The van der Waals surface area contributed by atoms with Crippen LogP contribution in [0.2, 0.25) is 5.15 Å². The van der Waals surface area contributed by atoms with Crippen LogP contribution in [0, 0.1) is 5.92 Å². The number of ether oxygens (including phenoxy) is 1. The predicted octanol–water partition coefficient (Wildman–Crippen LogP) is 5.35. The number of rotatable bonds is 5. The number of halogens is 1. The van der Waals surface area contributed by atoms with Gasteiger partial charge in [0.15, 0.2) is 10.8 Å². The Labute approximate surface area is 161 Å². The van der Waals surface area contributed by atoms with Crippen molar-refractivity contribution < 1.29 is 9.53 Å². The predicted molar refractivity (Wildman–Crippen MR) is 106 cm³/mol. The van der Waals surface area contributed by atoms with Gasteiger partial charge < -0.3 is 4.74 Å². The highest BCUT2D eigenvalue weighted by Gasteiger charge is 2.20. The van der Waals surface area contributed by atoms with Crippen LogP contribution in [0.1, 0.15) is 35.9 Å². The number of benzene rings is 2. The summed E-state index contributed by atoms with van der Waals surface area (Å²) in [6, 6.07) is 13.4. The van der Waals surface area contributed by atoms with Gasteiger partial charge in [0, 0.05) is 17.3 Å². The van der Waals surface area contributed by atoms with E-state index in [2.05, 4.69) is 29.0 Å². The maximum absolute atomic E-state index is 10.9. The number of pyridine rings is 1. The Bertz CT molecular complexity index is 1140. The number of nitrogens with one attached hydrogen (secondary N) is 1. The average molecular weight is 380 g/mol. The SMILES string of the molecule is CC(C)C(Oc1ccc2cc(C=O)ccc2c1)c1cnc2[nH]nc(Cl)c2c1. The summed E-state index contributed by atoms with van der Waals surface area (Å²) in [6.45, 7) is 4.20. The second kappa shape index (κ2) is 7.00. The van der Waals surface area contributed by atoms with Crippen molar-refractivity contribution in [1.82, 2.24) is 15.2 Å². The lowest BCUT2D eigenvalue weighted by molar-refractivity contribution is 0.112. The van der Waals surface area contributed by atoms with Crippen LogP contribution in [0.15, 0.2) is 48.7 Å². The molecule has 0 spiro atoms. The number of aromatic amines is 1. The standard InChI is InChI=1S/C21H18ClN3O2/c1-12(2)19(16-9-18-20(22)24-25-21(18)23-10-16)27-17-6-5-14-7-13(11-26)3-4-15(14)8-17/h3-12,19H,1-2H3,(H,23,24,25). The molecule has 2 heterocycles. The minimum atomic E-state index is -0.181. The number of hydrogen-bond acceptors (Lipinski definition) is 4. The number of fused-ring (bicyclic) bond motifs is 2. The lowest BCUT2D eigenvalue weighted by Crippen LogP contribution is -2.14. The minimum absolute atomic E-state index is 0.181. The molecule has 0 fully saturated rings.